The maximum atomic E-state index is 13.3. The van der Waals surface area contributed by atoms with Crippen LogP contribution in [0.5, 0.6) is 0 Å². The minimum atomic E-state index is -3.88. The van der Waals surface area contributed by atoms with Gasteiger partial charge in [0.25, 0.3) is 0 Å². The van der Waals surface area contributed by atoms with Crippen molar-refractivity contribution >= 4 is 10.0 Å². The largest absolute Gasteiger partial charge is 0.316 e. The average Bonchev–Trinajstić information content (AvgIpc) is 2.35. The Hall–Kier alpha value is -1.49. The van der Waals surface area contributed by atoms with Crippen molar-refractivity contribution in [1.29, 1.82) is 5.26 Å². The van der Waals surface area contributed by atoms with E-state index in [2.05, 4.69) is 10.0 Å². The van der Waals surface area contributed by atoms with Gasteiger partial charge in [0, 0.05) is 12.6 Å². The number of benzene rings is 1. The molecular weight excluding hydrogens is 257 g/mol. The molecule has 0 saturated carbocycles. The zero-order valence-corrected chi connectivity index (χ0v) is 10.9. The third-order valence-electron chi connectivity index (χ3n) is 2.45. The Morgan fingerprint density at radius 1 is 1.50 bits per heavy atom. The molecule has 0 heterocycles. The van der Waals surface area contributed by atoms with E-state index in [1.165, 1.54) is 12.1 Å². The lowest BCUT2D eigenvalue weighted by atomic mass is 10.2. The van der Waals surface area contributed by atoms with Crippen molar-refractivity contribution in [2.45, 2.75) is 17.9 Å². The minimum Gasteiger partial charge on any atom is -0.316 e. The molecule has 98 valence electrons. The topological polar surface area (TPSA) is 82.0 Å². The van der Waals surface area contributed by atoms with Crippen molar-refractivity contribution in [3.8, 4) is 6.07 Å². The van der Waals surface area contributed by atoms with Crippen LogP contribution in [0.4, 0.5) is 4.39 Å². The Labute approximate surface area is 106 Å². The predicted molar refractivity (Wildman–Crippen MR) is 64.8 cm³/mol. The van der Waals surface area contributed by atoms with Crippen molar-refractivity contribution in [3.63, 3.8) is 0 Å². The zero-order chi connectivity index (χ0) is 13.8. The Morgan fingerprint density at radius 2 is 2.17 bits per heavy atom. The van der Waals surface area contributed by atoms with E-state index in [1.807, 2.05) is 0 Å². The van der Waals surface area contributed by atoms with Gasteiger partial charge < -0.3 is 5.32 Å². The molecule has 0 spiro atoms. The molecule has 0 aliphatic carbocycles. The van der Waals surface area contributed by atoms with Gasteiger partial charge in [0.1, 0.15) is 22.3 Å². The van der Waals surface area contributed by atoms with Crippen molar-refractivity contribution in [2.24, 2.45) is 0 Å². The Balaban J connectivity index is 3.07. The van der Waals surface area contributed by atoms with Gasteiger partial charge in [-0.05, 0) is 26.1 Å². The number of hydrogen-bond donors (Lipinski definition) is 2. The second kappa shape index (κ2) is 5.91. The van der Waals surface area contributed by atoms with Gasteiger partial charge in [-0.25, -0.2) is 17.5 Å². The van der Waals surface area contributed by atoms with Crippen LogP contribution in [0.3, 0.4) is 0 Å². The number of hydrogen-bond acceptors (Lipinski definition) is 4. The standard InChI is InChI=1S/C11H14FN3O2S/c1-8(14-2)7-15-18(16,17)11-5-3-4-10(12)9(11)6-13/h3-5,8,14-15H,7H2,1-2H3. The summed E-state index contributed by atoms with van der Waals surface area (Å²) in [5.41, 5.74) is -0.470. The normalized spacial score (nSPS) is 13.0. The molecule has 0 amide bonds. The monoisotopic (exact) mass is 271 g/mol. The van der Waals surface area contributed by atoms with Crippen LogP contribution < -0.4 is 10.0 Å². The molecule has 1 aromatic carbocycles. The summed E-state index contributed by atoms with van der Waals surface area (Å²) >= 11 is 0. The first-order valence-corrected chi connectivity index (χ1v) is 6.76. The SMILES string of the molecule is CNC(C)CNS(=O)(=O)c1cccc(F)c1C#N. The predicted octanol–water partition coefficient (Wildman–Crippen LogP) is 0.584. The summed E-state index contributed by atoms with van der Waals surface area (Å²) in [7, 11) is -2.19. The fraction of sp³-hybridized carbons (Fsp3) is 0.364. The maximum Gasteiger partial charge on any atom is 0.242 e. The average molecular weight is 271 g/mol. The van der Waals surface area contributed by atoms with E-state index in [-0.39, 0.29) is 17.5 Å². The fourth-order valence-electron chi connectivity index (χ4n) is 1.25. The van der Waals surface area contributed by atoms with Crippen LogP contribution in [0.25, 0.3) is 0 Å². The molecule has 0 aromatic heterocycles. The lowest BCUT2D eigenvalue weighted by molar-refractivity contribution is 0.552. The van der Waals surface area contributed by atoms with Crippen LogP contribution in [0, 0.1) is 17.1 Å². The molecule has 0 aliphatic rings. The summed E-state index contributed by atoms with van der Waals surface area (Å²) in [6.45, 7) is 1.94. The van der Waals surface area contributed by atoms with Crippen LogP contribution in [0.15, 0.2) is 23.1 Å². The van der Waals surface area contributed by atoms with Crippen LogP contribution in [0.2, 0.25) is 0 Å². The Bertz CT molecular complexity index is 566. The van der Waals surface area contributed by atoms with E-state index in [4.69, 9.17) is 5.26 Å². The third-order valence-corrected chi connectivity index (χ3v) is 3.91. The van der Waals surface area contributed by atoms with Crippen molar-refractivity contribution in [2.75, 3.05) is 13.6 Å². The number of nitrogens with one attached hydrogen (secondary N) is 2. The van der Waals surface area contributed by atoms with Crippen LogP contribution in [0.1, 0.15) is 12.5 Å². The first-order valence-electron chi connectivity index (χ1n) is 5.28. The molecule has 0 aliphatic heterocycles. The molecule has 0 bridgehead atoms. The number of nitriles is 1. The van der Waals surface area contributed by atoms with Gasteiger partial charge in [0.05, 0.1) is 0 Å². The van der Waals surface area contributed by atoms with Crippen LogP contribution >= 0.6 is 0 Å². The maximum absolute atomic E-state index is 13.3. The van der Waals surface area contributed by atoms with E-state index in [9.17, 15) is 12.8 Å². The van der Waals surface area contributed by atoms with Gasteiger partial charge in [0.15, 0.2) is 0 Å². The summed E-state index contributed by atoms with van der Waals surface area (Å²) in [5.74, 6) is -0.845. The Morgan fingerprint density at radius 3 is 2.72 bits per heavy atom. The molecule has 0 radical (unpaired) electrons. The number of halogens is 1. The third kappa shape index (κ3) is 3.26. The molecule has 5 nitrogen and oxygen atoms in total. The van der Waals surface area contributed by atoms with Crippen LogP contribution in [-0.2, 0) is 10.0 Å². The fourth-order valence-corrected chi connectivity index (χ4v) is 2.55. The number of rotatable bonds is 5. The van der Waals surface area contributed by atoms with Gasteiger partial charge in [-0.3, -0.25) is 0 Å². The summed E-state index contributed by atoms with van der Waals surface area (Å²) in [4.78, 5) is -0.340. The second-order valence-corrected chi connectivity index (χ2v) is 5.50. The number of sulfonamides is 1. The van der Waals surface area contributed by atoms with Gasteiger partial charge in [-0.15, -0.1) is 0 Å². The number of nitrogens with zero attached hydrogens (tertiary/aromatic N) is 1. The molecular formula is C11H14FN3O2S. The van der Waals surface area contributed by atoms with Gasteiger partial charge >= 0.3 is 0 Å². The quantitative estimate of drug-likeness (QED) is 0.821. The first kappa shape index (κ1) is 14.6. The molecule has 18 heavy (non-hydrogen) atoms. The molecule has 0 fully saturated rings. The minimum absolute atomic E-state index is 0.0705. The van der Waals surface area contributed by atoms with E-state index in [1.54, 1.807) is 20.0 Å². The molecule has 7 heteroatoms. The highest BCUT2D eigenvalue weighted by molar-refractivity contribution is 7.89. The lowest BCUT2D eigenvalue weighted by Crippen LogP contribution is -2.37. The van der Waals surface area contributed by atoms with Gasteiger partial charge in [0.2, 0.25) is 10.0 Å². The molecule has 1 unspecified atom stereocenters. The molecule has 2 N–H and O–H groups in total. The second-order valence-electron chi connectivity index (χ2n) is 3.77. The summed E-state index contributed by atoms with van der Waals surface area (Å²) in [6, 6.07) is 5.00. The molecule has 0 saturated heterocycles. The van der Waals surface area contributed by atoms with Crippen molar-refractivity contribution < 1.29 is 12.8 Å². The Kier molecular flexibility index (Phi) is 4.78. The van der Waals surface area contributed by atoms with Crippen molar-refractivity contribution in [1.82, 2.24) is 10.0 Å². The van der Waals surface area contributed by atoms with E-state index < -0.39 is 21.4 Å². The summed E-state index contributed by atoms with van der Waals surface area (Å²) in [5, 5.41) is 11.7. The van der Waals surface area contributed by atoms with E-state index in [0.717, 1.165) is 6.07 Å². The van der Waals surface area contributed by atoms with Gasteiger partial charge in [-0.2, -0.15) is 5.26 Å². The number of likely N-dealkylation sites (N-methyl/N-ethyl adjacent to an activating group) is 1. The molecule has 1 rings (SSSR count). The highest BCUT2D eigenvalue weighted by Crippen LogP contribution is 2.17. The molecule has 1 aromatic rings. The zero-order valence-electron chi connectivity index (χ0n) is 10.1. The van der Waals surface area contributed by atoms with Crippen LogP contribution in [-0.4, -0.2) is 28.1 Å². The first-order chi connectivity index (χ1) is 8.42. The van der Waals surface area contributed by atoms with E-state index in [0.29, 0.717) is 0 Å². The lowest BCUT2D eigenvalue weighted by Gasteiger charge is -2.12. The van der Waals surface area contributed by atoms with Crippen molar-refractivity contribution in [3.05, 3.63) is 29.6 Å². The highest BCUT2D eigenvalue weighted by Gasteiger charge is 2.21. The summed E-state index contributed by atoms with van der Waals surface area (Å²) < 4.78 is 39.5. The highest BCUT2D eigenvalue weighted by atomic mass is 32.2. The smallest absolute Gasteiger partial charge is 0.242 e. The van der Waals surface area contributed by atoms with E-state index >= 15 is 0 Å². The molecule has 1 atom stereocenters. The van der Waals surface area contributed by atoms with Gasteiger partial charge in [-0.1, -0.05) is 6.07 Å². The summed E-state index contributed by atoms with van der Waals surface area (Å²) in [6.07, 6.45) is 0.